The molecule has 0 saturated heterocycles. The SMILES string of the molecule is Oc1ccc2cc(OCCCl)ccc2c1. The first-order valence-electron chi connectivity index (χ1n) is 4.71. The van der Waals surface area contributed by atoms with Crippen LogP contribution < -0.4 is 4.74 Å². The summed E-state index contributed by atoms with van der Waals surface area (Å²) in [6, 6.07) is 11.0. The summed E-state index contributed by atoms with van der Waals surface area (Å²) in [5.74, 6) is 1.55. The van der Waals surface area contributed by atoms with Gasteiger partial charge >= 0.3 is 0 Å². The van der Waals surface area contributed by atoms with Gasteiger partial charge in [0, 0.05) is 0 Å². The molecule has 0 spiro atoms. The Morgan fingerprint density at radius 1 is 1.07 bits per heavy atom. The van der Waals surface area contributed by atoms with Crippen molar-refractivity contribution in [2.75, 3.05) is 12.5 Å². The van der Waals surface area contributed by atoms with E-state index < -0.39 is 0 Å². The first-order chi connectivity index (χ1) is 7.29. The molecule has 2 rings (SSSR count). The number of phenolic OH excluding ortho intramolecular Hbond substituents is 1. The first kappa shape index (κ1) is 10.1. The summed E-state index contributed by atoms with van der Waals surface area (Å²) >= 11 is 5.53. The minimum atomic E-state index is 0.275. The Bertz CT molecular complexity index is 468. The fourth-order valence-electron chi connectivity index (χ4n) is 1.46. The van der Waals surface area contributed by atoms with E-state index in [4.69, 9.17) is 16.3 Å². The number of hydrogen-bond acceptors (Lipinski definition) is 2. The number of halogens is 1. The average Bonchev–Trinajstić information content (AvgIpc) is 2.26. The topological polar surface area (TPSA) is 29.5 Å². The largest absolute Gasteiger partial charge is 0.508 e. The second-order valence-corrected chi connectivity index (χ2v) is 3.61. The summed E-state index contributed by atoms with van der Waals surface area (Å²) in [4.78, 5) is 0. The summed E-state index contributed by atoms with van der Waals surface area (Å²) in [7, 11) is 0. The molecule has 2 aromatic rings. The fraction of sp³-hybridized carbons (Fsp3) is 0.167. The van der Waals surface area contributed by atoms with E-state index in [9.17, 15) is 5.11 Å². The van der Waals surface area contributed by atoms with Gasteiger partial charge in [-0.2, -0.15) is 0 Å². The van der Waals surface area contributed by atoms with Gasteiger partial charge in [0.15, 0.2) is 0 Å². The van der Waals surface area contributed by atoms with Gasteiger partial charge in [-0.3, -0.25) is 0 Å². The van der Waals surface area contributed by atoms with Crippen molar-refractivity contribution in [2.24, 2.45) is 0 Å². The highest BCUT2D eigenvalue weighted by atomic mass is 35.5. The minimum absolute atomic E-state index is 0.275. The van der Waals surface area contributed by atoms with Crippen LogP contribution in [-0.4, -0.2) is 17.6 Å². The smallest absolute Gasteiger partial charge is 0.119 e. The quantitative estimate of drug-likeness (QED) is 0.809. The molecule has 0 atom stereocenters. The summed E-state index contributed by atoms with van der Waals surface area (Å²) in [5, 5.41) is 11.3. The molecule has 15 heavy (non-hydrogen) atoms. The Balaban J connectivity index is 2.34. The average molecular weight is 223 g/mol. The van der Waals surface area contributed by atoms with Crippen molar-refractivity contribution in [1.29, 1.82) is 0 Å². The lowest BCUT2D eigenvalue weighted by atomic mass is 10.1. The van der Waals surface area contributed by atoms with Crippen molar-refractivity contribution in [2.45, 2.75) is 0 Å². The molecule has 2 aromatic carbocycles. The summed E-state index contributed by atoms with van der Waals surface area (Å²) in [6.07, 6.45) is 0. The summed E-state index contributed by atoms with van der Waals surface area (Å²) in [5.41, 5.74) is 0. The maximum atomic E-state index is 9.29. The summed E-state index contributed by atoms with van der Waals surface area (Å²) in [6.45, 7) is 0.505. The van der Waals surface area contributed by atoms with Crippen LogP contribution >= 0.6 is 11.6 Å². The van der Waals surface area contributed by atoms with Gasteiger partial charge in [-0.15, -0.1) is 11.6 Å². The third-order valence-corrected chi connectivity index (χ3v) is 2.30. The zero-order chi connectivity index (χ0) is 10.7. The van der Waals surface area contributed by atoms with E-state index in [0.717, 1.165) is 16.5 Å². The number of alkyl halides is 1. The van der Waals surface area contributed by atoms with Crippen LogP contribution in [0.15, 0.2) is 36.4 Å². The lowest BCUT2D eigenvalue weighted by molar-refractivity contribution is 0.343. The van der Waals surface area contributed by atoms with Crippen molar-refractivity contribution in [3.8, 4) is 11.5 Å². The Kier molecular flexibility index (Phi) is 2.97. The normalized spacial score (nSPS) is 10.5. The second-order valence-electron chi connectivity index (χ2n) is 3.23. The van der Waals surface area contributed by atoms with Crippen LogP contribution in [0.4, 0.5) is 0 Å². The number of hydrogen-bond donors (Lipinski definition) is 1. The number of rotatable bonds is 3. The molecule has 0 amide bonds. The highest BCUT2D eigenvalue weighted by Gasteiger charge is 1.98. The van der Waals surface area contributed by atoms with Crippen molar-refractivity contribution in [3.63, 3.8) is 0 Å². The number of aromatic hydroxyl groups is 1. The molecule has 0 saturated carbocycles. The third-order valence-electron chi connectivity index (χ3n) is 2.14. The molecule has 3 heteroatoms. The van der Waals surface area contributed by atoms with Gasteiger partial charge in [-0.05, 0) is 35.0 Å². The first-order valence-corrected chi connectivity index (χ1v) is 5.24. The number of fused-ring (bicyclic) bond motifs is 1. The highest BCUT2D eigenvalue weighted by Crippen LogP contribution is 2.24. The second kappa shape index (κ2) is 4.41. The summed E-state index contributed by atoms with van der Waals surface area (Å²) < 4.78 is 5.40. The molecule has 78 valence electrons. The van der Waals surface area contributed by atoms with Crippen molar-refractivity contribution in [1.82, 2.24) is 0 Å². The molecular formula is C12H11ClO2. The van der Waals surface area contributed by atoms with Gasteiger partial charge < -0.3 is 9.84 Å². The van der Waals surface area contributed by atoms with Gasteiger partial charge in [-0.1, -0.05) is 12.1 Å². The van der Waals surface area contributed by atoms with Crippen molar-refractivity contribution in [3.05, 3.63) is 36.4 Å². The van der Waals surface area contributed by atoms with Crippen LogP contribution in [0.3, 0.4) is 0 Å². The van der Waals surface area contributed by atoms with Crippen LogP contribution in [0.5, 0.6) is 11.5 Å². The van der Waals surface area contributed by atoms with Crippen LogP contribution in [0.1, 0.15) is 0 Å². The van der Waals surface area contributed by atoms with E-state index in [1.165, 1.54) is 0 Å². The van der Waals surface area contributed by atoms with Gasteiger partial charge in [0.2, 0.25) is 0 Å². The fourth-order valence-corrected chi connectivity index (χ4v) is 1.53. The molecular weight excluding hydrogens is 212 g/mol. The monoisotopic (exact) mass is 222 g/mol. The highest BCUT2D eigenvalue weighted by molar-refractivity contribution is 6.18. The maximum absolute atomic E-state index is 9.29. The molecule has 0 radical (unpaired) electrons. The molecule has 0 bridgehead atoms. The van der Waals surface area contributed by atoms with Gasteiger partial charge in [-0.25, -0.2) is 0 Å². The van der Waals surface area contributed by atoms with Crippen LogP contribution in [0.2, 0.25) is 0 Å². The maximum Gasteiger partial charge on any atom is 0.119 e. The van der Waals surface area contributed by atoms with E-state index in [1.54, 1.807) is 12.1 Å². The Labute approximate surface area is 93.1 Å². The molecule has 2 nitrogen and oxygen atoms in total. The number of phenols is 1. The lowest BCUT2D eigenvalue weighted by Gasteiger charge is -2.05. The molecule has 0 fully saturated rings. The van der Waals surface area contributed by atoms with Gasteiger partial charge in [0.25, 0.3) is 0 Å². The molecule has 0 aliphatic rings. The lowest BCUT2D eigenvalue weighted by Crippen LogP contribution is -1.97. The van der Waals surface area contributed by atoms with E-state index in [0.29, 0.717) is 12.5 Å². The standard InChI is InChI=1S/C12H11ClO2/c13-5-6-15-12-4-2-9-7-11(14)3-1-10(9)8-12/h1-4,7-8,14H,5-6H2. The van der Waals surface area contributed by atoms with Gasteiger partial charge in [0.1, 0.15) is 18.1 Å². The molecule has 0 heterocycles. The predicted octanol–water partition coefficient (Wildman–Crippen LogP) is 3.16. The Morgan fingerprint density at radius 2 is 1.80 bits per heavy atom. The van der Waals surface area contributed by atoms with E-state index >= 15 is 0 Å². The molecule has 0 unspecified atom stereocenters. The Morgan fingerprint density at radius 3 is 2.60 bits per heavy atom. The van der Waals surface area contributed by atoms with Crippen LogP contribution in [0, 0.1) is 0 Å². The van der Waals surface area contributed by atoms with Crippen LogP contribution in [0.25, 0.3) is 10.8 Å². The molecule has 1 N–H and O–H groups in total. The van der Waals surface area contributed by atoms with E-state index in [1.807, 2.05) is 24.3 Å². The molecule has 0 aliphatic carbocycles. The van der Waals surface area contributed by atoms with Crippen molar-refractivity contribution < 1.29 is 9.84 Å². The third kappa shape index (κ3) is 2.34. The zero-order valence-electron chi connectivity index (χ0n) is 8.11. The number of ether oxygens (including phenoxy) is 1. The van der Waals surface area contributed by atoms with Gasteiger partial charge in [0.05, 0.1) is 5.88 Å². The van der Waals surface area contributed by atoms with Crippen LogP contribution in [-0.2, 0) is 0 Å². The Hall–Kier alpha value is -1.41. The van der Waals surface area contributed by atoms with Crippen molar-refractivity contribution >= 4 is 22.4 Å². The number of benzene rings is 2. The van der Waals surface area contributed by atoms with E-state index in [2.05, 4.69) is 0 Å². The molecule has 0 aliphatic heterocycles. The minimum Gasteiger partial charge on any atom is -0.508 e. The molecule has 0 aromatic heterocycles. The predicted molar refractivity (Wildman–Crippen MR) is 61.8 cm³/mol. The van der Waals surface area contributed by atoms with E-state index in [-0.39, 0.29) is 5.75 Å². The zero-order valence-corrected chi connectivity index (χ0v) is 8.87.